The van der Waals surface area contributed by atoms with Gasteiger partial charge in [0.15, 0.2) is 11.5 Å². The Bertz CT molecular complexity index is 1210. The highest BCUT2D eigenvalue weighted by Crippen LogP contribution is 2.39. The largest absolute Gasteiger partial charge is 0.497 e. The molecule has 2 heterocycles. The molecule has 8 heteroatoms. The minimum Gasteiger partial charge on any atom is -0.497 e. The number of carbonyl (C=O) groups excluding carboxylic acids is 1. The Morgan fingerprint density at radius 2 is 1.84 bits per heavy atom. The quantitative estimate of drug-likeness (QED) is 0.491. The number of methoxy groups -OCH3 is 3. The smallest absolute Gasteiger partial charge is 0.242 e. The Morgan fingerprint density at radius 3 is 2.53 bits per heavy atom. The van der Waals surface area contributed by atoms with E-state index in [1.54, 1.807) is 21.3 Å². The van der Waals surface area contributed by atoms with E-state index < -0.39 is 0 Å². The molecule has 1 aromatic heterocycles. The van der Waals surface area contributed by atoms with Crippen molar-refractivity contribution in [2.75, 3.05) is 21.3 Å². The van der Waals surface area contributed by atoms with Crippen LogP contribution in [0.2, 0.25) is 5.15 Å². The van der Waals surface area contributed by atoms with Crippen LogP contribution in [-0.4, -0.2) is 42.9 Å². The van der Waals surface area contributed by atoms with Crippen molar-refractivity contribution in [2.45, 2.75) is 25.8 Å². The highest BCUT2D eigenvalue weighted by Gasteiger charge is 2.34. The molecule has 0 bridgehead atoms. The van der Waals surface area contributed by atoms with Crippen LogP contribution in [0.1, 0.15) is 36.9 Å². The van der Waals surface area contributed by atoms with Crippen LogP contribution in [0.3, 0.4) is 0 Å². The molecule has 0 fully saturated rings. The Hall–Kier alpha value is -3.32. The summed E-state index contributed by atoms with van der Waals surface area (Å²) >= 11 is 6.60. The maximum atomic E-state index is 12.8. The van der Waals surface area contributed by atoms with Crippen molar-refractivity contribution in [3.8, 4) is 17.2 Å². The number of benzene rings is 2. The van der Waals surface area contributed by atoms with E-state index in [0.29, 0.717) is 35.2 Å². The lowest BCUT2D eigenvalue weighted by Crippen LogP contribution is -2.26. The van der Waals surface area contributed by atoms with Gasteiger partial charge in [-0.2, -0.15) is 5.10 Å². The average molecular weight is 454 g/mol. The molecule has 1 amide bonds. The molecule has 166 valence electrons. The van der Waals surface area contributed by atoms with E-state index in [-0.39, 0.29) is 11.9 Å². The number of rotatable bonds is 6. The molecule has 1 aliphatic rings. The van der Waals surface area contributed by atoms with Gasteiger partial charge in [0.05, 0.1) is 38.6 Å². The molecule has 0 saturated heterocycles. The van der Waals surface area contributed by atoms with Gasteiger partial charge in [0.25, 0.3) is 0 Å². The summed E-state index contributed by atoms with van der Waals surface area (Å²) < 4.78 is 16.0. The van der Waals surface area contributed by atoms with Gasteiger partial charge in [0.1, 0.15) is 10.9 Å². The van der Waals surface area contributed by atoms with Gasteiger partial charge in [0, 0.05) is 35.4 Å². The molecule has 0 radical (unpaired) electrons. The molecule has 2 aromatic carbocycles. The number of pyridine rings is 1. The van der Waals surface area contributed by atoms with Crippen molar-refractivity contribution < 1.29 is 19.0 Å². The van der Waals surface area contributed by atoms with E-state index in [1.165, 1.54) is 5.01 Å². The summed E-state index contributed by atoms with van der Waals surface area (Å²) in [4.78, 5) is 17.3. The summed E-state index contributed by atoms with van der Waals surface area (Å²) in [5.41, 5.74) is 3.10. The number of fused-ring (bicyclic) bond motifs is 1. The molecule has 0 saturated carbocycles. The fourth-order valence-corrected chi connectivity index (χ4v) is 4.11. The Morgan fingerprint density at radius 1 is 1.06 bits per heavy atom. The molecule has 1 atom stereocenters. The zero-order valence-corrected chi connectivity index (χ0v) is 19.1. The summed E-state index contributed by atoms with van der Waals surface area (Å²) in [5, 5.41) is 7.43. The van der Waals surface area contributed by atoms with Gasteiger partial charge in [-0.05, 0) is 36.4 Å². The normalized spacial score (nSPS) is 15.6. The summed E-state index contributed by atoms with van der Waals surface area (Å²) in [6, 6.07) is 12.9. The zero-order valence-electron chi connectivity index (χ0n) is 18.4. The fourth-order valence-electron chi connectivity index (χ4n) is 3.84. The van der Waals surface area contributed by atoms with Gasteiger partial charge in [-0.25, -0.2) is 9.99 Å². The van der Waals surface area contributed by atoms with Gasteiger partial charge in [-0.15, -0.1) is 0 Å². The monoisotopic (exact) mass is 453 g/mol. The predicted molar refractivity (Wildman–Crippen MR) is 124 cm³/mol. The summed E-state index contributed by atoms with van der Waals surface area (Å²) in [5.74, 6) is 1.85. The number of hydrogen-bond donors (Lipinski definition) is 0. The first-order chi connectivity index (χ1) is 15.5. The maximum Gasteiger partial charge on any atom is 0.242 e. The van der Waals surface area contributed by atoms with E-state index in [2.05, 4.69) is 10.1 Å². The van der Waals surface area contributed by atoms with Gasteiger partial charge in [0.2, 0.25) is 5.91 Å². The van der Waals surface area contributed by atoms with E-state index in [4.69, 9.17) is 25.8 Å². The predicted octanol–water partition coefficient (Wildman–Crippen LogP) is 5.00. The fraction of sp³-hybridized carbons (Fsp3) is 0.292. The van der Waals surface area contributed by atoms with E-state index in [0.717, 1.165) is 27.7 Å². The molecule has 32 heavy (non-hydrogen) atoms. The van der Waals surface area contributed by atoms with Gasteiger partial charge in [-0.3, -0.25) is 4.79 Å². The second kappa shape index (κ2) is 9.04. The molecule has 0 unspecified atom stereocenters. The lowest BCUT2D eigenvalue weighted by molar-refractivity contribution is -0.132. The molecule has 7 nitrogen and oxygen atoms in total. The van der Waals surface area contributed by atoms with Crippen molar-refractivity contribution in [3.05, 3.63) is 58.7 Å². The topological polar surface area (TPSA) is 73.3 Å². The summed E-state index contributed by atoms with van der Waals surface area (Å²) in [6.45, 7) is 1.82. The number of ether oxygens (including phenoxy) is 3. The van der Waals surface area contributed by atoms with Crippen LogP contribution in [0.15, 0.2) is 47.6 Å². The Balaban J connectivity index is 1.75. The molecular weight excluding hydrogens is 430 g/mol. The number of halogens is 1. The summed E-state index contributed by atoms with van der Waals surface area (Å²) in [7, 11) is 4.78. The van der Waals surface area contributed by atoms with Crippen molar-refractivity contribution >= 4 is 34.1 Å². The zero-order chi connectivity index (χ0) is 22.8. The van der Waals surface area contributed by atoms with Crippen molar-refractivity contribution in [1.29, 1.82) is 0 Å². The van der Waals surface area contributed by atoms with Gasteiger partial charge >= 0.3 is 0 Å². The van der Waals surface area contributed by atoms with Crippen LogP contribution >= 0.6 is 11.6 Å². The number of nitrogens with zero attached hydrogens (tertiary/aromatic N) is 3. The Kier molecular flexibility index (Phi) is 6.19. The van der Waals surface area contributed by atoms with Crippen molar-refractivity contribution in [3.63, 3.8) is 0 Å². The first-order valence-electron chi connectivity index (χ1n) is 10.2. The summed E-state index contributed by atoms with van der Waals surface area (Å²) in [6.07, 6.45) is 0.833. The first kappa shape index (κ1) is 21.9. The molecule has 0 spiro atoms. The lowest BCUT2D eigenvalue weighted by atomic mass is 9.98. The lowest BCUT2D eigenvalue weighted by Gasteiger charge is -2.22. The molecule has 0 N–H and O–H groups in total. The van der Waals surface area contributed by atoms with Crippen LogP contribution in [0.5, 0.6) is 17.2 Å². The van der Waals surface area contributed by atoms with Crippen LogP contribution in [0.25, 0.3) is 10.9 Å². The van der Waals surface area contributed by atoms with E-state index >= 15 is 0 Å². The molecule has 1 aliphatic heterocycles. The third-order valence-corrected chi connectivity index (χ3v) is 5.85. The molecule has 0 aliphatic carbocycles. The van der Waals surface area contributed by atoms with Crippen molar-refractivity contribution in [2.24, 2.45) is 5.10 Å². The Labute approximate surface area is 191 Å². The van der Waals surface area contributed by atoms with Gasteiger partial charge in [-0.1, -0.05) is 18.5 Å². The highest BCUT2D eigenvalue weighted by molar-refractivity contribution is 6.30. The van der Waals surface area contributed by atoms with Crippen LogP contribution in [-0.2, 0) is 4.79 Å². The molecule has 3 aromatic rings. The maximum absolute atomic E-state index is 12.8. The van der Waals surface area contributed by atoms with Crippen LogP contribution in [0, 0.1) is 0 Å². The number of amides is 1. The highest BCUT2D eigenvalue weighted by atomic mass is 35.5. The second-order valence-electron chi connectivity index (χ2n) is 7.36. The van der Waals surface area contributed by atoms with Crippen molar-refractivity contribution in [1.82, 2.24) is 9.99 Å². The van der Waals surface area contributed by atoms with E-state index in [1.807, 2.05) is 49.4 Å². The number of carbonyl (C=O) groups is 1. The van der Waals surface area contributed by atoms with Gasteiger partial charge < -0.3 is 14.2 Å². The molecule has 4 rings (SSSR count). The standard InChI is InChI=1S/C24H24ClN3O4/c1-5-23(29)28-20(13-19(27-28)15-7-9-21(31-3)22(11-15)32-4)17-10-14-6-8-16(30-2)12-18(14)26-24(17)25/h6-12,20H,5,13H2,1-4H3/t20-/m1/s1. The minimum absolute atomic E-state index is 0.0867. The second-order valence-corrected chi connectivity index (χ2v) is 7.71. The average Bonchev–Trinajstić information content (AvgIpc) is 3.27. The minimum atomic E-state index is -0.350. The first-order valence-corrected chi connectivity index (χ1v) is 10.6. The number of hydrazone groups is 1. The molecular formula is C24H24ClN3O4. The van der Waals surface area contributed by atoms with Crippen LogP contribution in [0.4, 0.5) is 0 Å². The third kappa shape index (κ3) is 3.96. The number of aromatic nitrogens is 1. The van der Waals surface area contributed by atoms with Crippen LogP contribution < -0.4 is 14.2 Å². The SMILES string of the molecule is CCC(=O)N1N=C(c2ccc(OC)c(OC)c2)C[C@@H]1c1cc2ccc(OC)cc2nc1Cl. The number of hydrogen-bond acceptors (Lipinski definition) is 6. The van der Waals surface area contributed by atoms with E-state index in [9.17, 15) is 4.79 Å². The third-order valence-electron chi connectivity index (χ3n) is 5.55.